The maximum absolute atomic E-state index is 11.9. The fourth-order valence-corrected chi connectivity index (χ4v) is 1.84. The third kappa shape index (κ3) is 6.60. The van der Waals surface area contributed by atoms with Gasteiger partial charge >= 0.3 is 6.03 Å². The van der Waals surface area contributed by atoms with E-state index in [0.29, 0.717) is 18.8 Å². The average molecular weight is 294 g/mol. The second-order valence-electron chi connectivity index (χ2n) is 6.02. The van der Waals surface area contributed by atoms with E-state index in [2.05, 4.69) is 24.5 Å². The van der Waals surface area contributed by atoms with Crippen LogP contribution in [0, 0.1) is 5.41 Å². The molecule has 1 aromatic rings. The van der Waals surface area contributed by atoms with Gasteiger partial charge in [0.2, 0.25) is 0 Å². The molecule has 5 nitrogen and oxygen atoms in total. The van der Waals surface area contributed by atoms with Crippen LogP contribution in [-0.2, 0) is 4.74 Å². The highest BCUT2D eigenvalue weighted by Crippen LogP contribution is 2.19. The molecule has 0 aliphatic carbocycles. The predicted molar refractivity (Wildman–Crippen MR) is 84.4 cm³/mol. The molecule has 1 atom stereocenters. The summed E-state index contributed by atoms with van der Waals surface area (Å²) in [7, 11) is 1.67. The van der Waals surface area contributed by atoms with E-state index in [1.807, 2.05) is 6.07 Å². The number of methoxy groups -OCH3 is 1. The van der Waals surface area contributed by atoms with Crippen molar-refractivity contribution in [3.63, 3.8) is 0 Å². The molecule has 0 saturated heterocycles. The molecule has 0 fully saturated rings. The van der Waals surface area contributed by atoms with E-state index in [0.717, 1.165) is 12.0 Å². The Labute approximate surface area is 126 Å². The Hall–Kier alpha value is -1.59. The van der Waals surface area contributed by atoms with Crippen LogP contribution in [0.2, 0.25) is 0 Å². The van der Waals surface area contributed by atoms with Crippen molar-refractivity contribution in [2.75, 3.05) is 25.6 Å². The lowest BCUT2D eigenvalue weighted by Crippen LogP contribution is -2.37. The predicted octanol–water partition coefficient (Wildman–Crippen LogP) is 2.92. The number of hydrogen-bond acceptors (Lipinski definition) is 3. The molecule has 0 bridgehead atoms. The molecule has 1 unspecified atom stereocenters. The minimum absolute atomic E-state index is 0.0190. The van der Waals surface area contributed by atoms with Gasteiger partial charge in [-0.05, 0) is 36.5 Å². The van der Waals surface area contributed by atoms with E-state index in [4.69, 9.17) is 4.74 Å². The number of anilines is 1. The van der Waals surface area contributed by atoms with Crippen LogP contribution in [0.3, 0.4) is 0 Å². The first-order valence-electron chi connectivity index (χ1n) is 7.16. The summed E-state index contributed by atoms with van der Waals surface area (Å²) in [5.74, 6) is 0. The van der Waals surface area contributed by atoms with Gasteiger partial charge < -0.3 is 20.5 Å². The average Bonchev–Trinajstić information content (AvgIpc) is 2.43. The third-order valence-electron chi connectivity index (χ3n) is 3.34. The van der Waals surface area contributed by atoms with Crippen molar-refractivity contribution >= 4 is 11.7 Å². The number of aliphatic hydroxyl groups is 1. The van der Waals surface area contributed by atoms with Crippen LogP contribution >= 0.6 is 0 Å². The Morgan fingerprint density at radius 2 is 2.14 bits per heavy atom. The van der Waals surface area contributed by atoms with Crippen molar-refractivity contribution in [3.8, 4) is 0 Å². The Bertz CT molecular complexity index is 459. The first-order chi connectivity index (χ1) is 9.84. The summed E-state index contributed by atoms with van der Waals surface area (Å²) in [4.78, 5) is 11.9. The molecular weight excluding hydrogens is 268 g/mol. The molecule has 1 rings (SSSR count). The zero-order chi connectivity index (χ0) is 15.9. The van der Waals surface area contributed by atoms with Gasteiger partial charge in [-0.15, -0.1) is 0 Å². The molecule has 0 saturated carbocycles. The molecule has 0 aromatic heterocycles. The number of benzene rings is 1. The van der Waals surface area contributed by atoms with Gasteiger partial charge in [0.05, 0.1) is 6.10 Å². The molecule has 1 aromatic carbocycles. The lowest BCUT2D eigenvalue weighted by molar-refractivity contribution is 0.151. The number of amides is 2. The van der Waals surface area contributed by atoms with E-state index in [1.54, 1.807) is 32.2 Å². The first-order valence-corrected chi connectivity index (χ1v) is 7.16. The quantitative estimate of drug-likeness (QED) is 0.724. The Balaban J connectivity index is 2.48. The minimum atomic E-state index is -0.553. The van der Waals surface area contributed by atoms with Crippen molar-refractivity contribution in [3.05, 3.63) is 29.8 Å². The number of rotatable bonds is 7. The van der Waals surface area contributed by atoms with Crippen molar-refractivity contribution < 1.29 is 14.6 Å². The van der Waals surface area contributed by atoms with Crippen LogP contribution in [0.4, 0.5) is 10.5 Å². The van der Waals surface area contributed by atoms with Crippen LogP contribution in [0.5, 0.6) is 0 Å². The number of carbonyl (C=O) groups excluding carboxylic acids is 1. The van der Waals surface area contributed by atoms with Crippen LogP contribution in [0.25, 0.3) is 0 Å². The monoisotopic (exact) mass is 294 g/mol. The molecule has 3 N–H and O–H groups in total. The van der Waals surface area contributed by atoms with Crippen molar-refractivity contribution in [1.29, 1.82) is 0 Å². The van der Waals surface area contributed by atoms with Crippen molar-refractivity contribution in [2.24, 2.45) is 5.41 Å². The van der Waals surface area contributed by atoms with Gasteiger partial charge in [0, 0.05) is 25.9 Å². The van der Waals surface area contributed by atoms with Gasteiger partial charge in [-0.25, -0.2) is 4.79 Å². The molecular formula is C16H26N2O3. The summed E-state index contributed by atoms with van der Waals surface area (Å²) in [6.07, 6.45) is 0.323. The number of aliphatic hydroxyl groups excluding tert-OH is 1. The fraction of sp³-hybridized carbons (Fsp3) is 0.562. The largest absolute Gasteiger partial charge is 0.389 e. The maximum Gasteiger partial charge on any atom is 0.319 e. The number of nitrogens with one attached hydrogen (secondary N) is 2. The van der Waals surface area contributed by atoms with Crippen molar-refractivity contribution in [1.82, 2.24) is 5.32 Å². The minimum Gasteiger partial charge on any atom is -0.389 e. The first kappa shape index (κ1) is 17.5. The highest BCUT2D eigenvalue weighted by Gasteiger charge is 2.18. The van der Waals surface area contributed by atoms with Gasteiger partial charge in [-0.2, -0.15) is 0 Å². The zero-order valence-electron chi connectivity index (χ0n) is 13.3. The van der Waals surface area contributed by atoms with Gasteiger partial charge in [0.1, 0.15) is 0 Å². The fourth-order valence-electron chi connectivity index (χ4n) is 1.84. The van der Waals surface area contributed by atoms with E-state index in [9.17, 15) is 9.90 Å². The second kappa shape index (κ2) is 8.00. The lowest BCUT2D eigenvalue weighted by atomic mass is 9.90. The lowest BCUT2D eigenvalue weighted by Gasteiger charge is -2.24. The molecule has 118 valence electrons. The number of carbonyl (C=O) groups is 1. The highest BCUT2D eigenvalue weighted by molar-refractivity contribution is 5.89. The van der Waals surface area contributed by atoms with Gasteiger partial charge in [-0.1, -0.05) is 26.0 Å². The van der Waals surface area contributed by atoms with Crippen LogP contribution in [0.15, 0.2) is 24.3 Å². The normalized spacial score (nSPS) is 12.8. The van der Waals surface area contributed by atoms with Crippen LogP contribution in [0.1, 0.15) is 38.9 Å². The molecule has 5 heteroatoms. The number of urea groups is 1. The molecule has 0 heterocycles. The Morgan fingerprint density at radius 3 is 2.76 bits per heavy atom. The molecule has 0 spiro atoms. The van der Waals surface area contributed by atoms with E-state index >= 15 is 0 Å². The molecule has 0 aliphatic heterocycles. The van der Waals surface area contributed by atoms with Gasteiger partial charge in [0.15, 0.2) is 0 Å². The molecule has 0 aliphatic rings. The third-order valence-corrected chi connectivity index (χ3v) is 3.34. The van der Waals surface area contributed by atoms with E-state index in [-0.39, 0.29) is 11.4 Å². The van der Waals surface area contributed by atoms with Crippen LogP contribution < -0.4 is 10.6 Å². The Morgan fingerprint density at radius 1 is 1.43 bits per heavy atom. The van der Waals surface area contributed by atoms with Crippen molar-refractivity contribution in [2.45, 2.75) is 33.3 Å². The summed E-state index contributed by atoms with van der Waals surface area (Å²) >= 11 is 0. The van der Waals surface area contributed by atoms with E-state index < -0.39 is 6.10 Å². The SMILES string of the molecule is COCCC(C)(C)CNC(=O)Nc1cccc(C(C)O)c1. The molecule has 21 heavy (non-hydrogen) atoms. The maximum atomic E-state index is 11.9. The number of ether oxygens (including phenoxy) is 1. The summed E-state index contributed by atoms with van der Waals surface area (Å²) in [6, 6.07) is 6.94. The van der Waals surface area contributed by atoms with Gasteiger partial charge in [0.25, 0.3) is 0 Å². The standard InChI is InChI=1S/C16H26N2O3/c1-12(19)13-6-5-7-14(10-13)18-15(20)17-11-16(2,3)8-9-21-4/h5-7,10,12,19H,8-9,11H2,1-4H3,(H2,17,18,20). The summed E-state index contributed by atoms with van der Waals surface area (Å²) in [6.45, 7) is 7.10. The summed E-state index contributed by atoms with van der Waals surface area (Å²) < 4.78 is 5.06. The highest BCUT2D eigenvalue weighted by atomic mass is 16.5. The summed E-state index contributed by atoms with van der Waals surface area (Å²) in [5, 5.41) is 15.2. The topological polar surface area (TPSA) is 70.6 Å². The molecule has 2 amide bonds. The van der Waals surface area contributed by atoms with E-state index in [1.165, 1.54) is 0 Å². The second-order valence-corrected chi connectivity index (χ2v) is 6.02. The van der Waals surface area contributed by atoms with Crippen LogP contribution in [-0.4, -0.2) is 31.4 Å². The molecule has 0 radical (unpaired) electrons. The summed E-state index contributed by atoms with van der Waals surface area (Å²) in [5.41, 5.74) is 1.42. The zero-order valence-corrected chi connectivity index (χ0v) is 13.3. The van der Waals surface area contributed by atoms with Gasteiger partial charge in [-0.3, -0.25) is 0 Å². The Kier molecular flexibility index (Phi) is 6.65. The number of hydrogen-bond donors (Lipinski definition) is 3. The smallest absolute Gasteiger partial charge is 0.319 e.